The van der Waals surface area contributed by atoms with Crippen molar-refractivity contribution in [3.63, 3.8) is 0 Å². The van der Waals surface area contributed by atoms with Gasteiger partial charge in [0.25, 0.3) is 0 Å². The maximum Gasteiger partial charge on any atom is 0.246 e. The van der Waals surface area contributed by atoms with Gasteiger partial charge in [0.1, 0.15) is 0 Å². The van der Waals surface area contributed by atoms with Crippen molar-refractivity contribution in [2.24, 2.45) is 0 Å². The van der Waals surface area contributed by atoms with Gasteiger partial charge in [-0.25, -0.2) is 0 Å². The smallest absolute Gasteiger partial charge is 0.246 e. The monoisotopic (exact) mass is 314 g/mol. The molecule has 2 N–H and O–H groups in total. The van der Waals surface area contributed by atoms with E-state index in [2.05, 4.69) is 15.8 Å². The summed E-state index contributed by atoms with van der Waals surface area (Å²) in [6.45, 7) is 2.66. The van der Waals surface area contributed by atoms with Crippen LogP contribution in [0.2, 0.25) is 0 Å². The quantitative estimate of drug-likeness (QED) is 0.883. The van der Waals surface area contributed by atoms with Gasteiger partial charge in [-0.2, -0.15) is 0 Å². The van der Waals surface area contributed by atoms with Crippen molar-refractivity contribution < 1.29 is 14.1 Å². The molecule has 0 radical (unpaired) electrons. The molecule has 1 aromatic heterocycles. The molecule has 1 aromatic carbocycles. The van der Waals surface area contributed by atoms with E-state index < -0.39 is 0 Å². The highest BCUT2D eigenvalue weighted by atomic mass is 16.5. The van der Waals surface area contributed by atoms with Crippen LogP contribution in [-0.2, 0) is 9.59 Å². The van der Waals surface area contributed by atoms with Gasteiger partial charge in [-0.3, -0.25) is 14.9 Å². The van der Waals surface area contributed by atoms with Crippen molar-refractivity contribution >= 4 is 29.1 Å². The molecule has 23 heavy (non-hydrogen) atoms. The lowest BCUT2D eigenvalue weighted by Crippen LogP contribution is -2.23. The van der Waals surface area contributed by atoms with E-state index in [4.69, 9.17) is 4.52 Å². The third kappa shape index (κ3) is 3.68. The number of amides is 2. The zero-order valence-corrected chi connectivity index (χ0v) is 12.8. The van der Waals surface area contributed by atoms with Gasteiger partial charge in [-0.15, -0.1) is 0 Å². The first-order chi connectivity index (χ1) is 11.1. The number of benzene rings is 1. The van der Waals surface area contributed by atoms with Crippen molar-refractivity contribution in [3.05, 3.63) is 36.0 Å². The minimum absolute atomic E-state index is 0.113. The Bertz CT molecular complexity index is 708. The first-order valence-electron chi connectivity index (χ1n) is 7.49. The molecule has 1 aliphatic rings. The third-order valence-electron chi connectivity index (χ3n) is 3.60. The molecule has 0 atom stereocenters. The van der Waals surface area contributed by atoms with Gasteiger partial charge in [-0.1, -0.05) is 5.16 Å². The first kappa shape index (κ1) is 15.1. The molecule has 7 nitrogen and oxygen atoms in total. The minimum Gasteiger partial charge on any atom is -0.376 e. The number of hydrogen-bond acceptors (Lipinski definition) is 5. The highest BCUT2D eigenvalue weighted by Gasteiger charge is 2.21. The van der Waals surface area contributed by atoms with Gasteiger partial charge in [0, 0.05) is 30.4 Å². The summed E-state index contributed by atoms with van der Waals surface area (Å²) in [5.41, 5.74) is 2.41. The molecule has 0 aliphatic carbocycles. The van der Waals surface area contributed by atoms with Gasteiger partial charge in [0.05, 0.1) is 12.2 Å². The molecule has 3 rings (SSSR count). The molecule has 2 aromatic rings. The van der Waals surface area contributed by atoms with Crippen LogP contribution < -0.4 is 15.5 Å². The number of nitrogens with one attached hydrogen (secondary N) is 2. The van der Waals surface area contributed by atoms with Gasteiger partial charge in [-0.05, 0) is 37.6 Å². The zero-order chi connectivity index (χ0) is 16.2. The molecule has 0 spiro atoms. The lowest BCUT2D eigenvalue weighted by Gasteiger charge is -2.16. The fraction of sp³-hybridized carbons (Fsp3) is 0.312. The molecule has 0 bridgehead atoms. The van der Waals surface area contributed by atoms with Crippen LogP contribution in [0.5, 0.6) is 0 Å². The average molecular weight is 314 g/mol. The highest BCUT2D eigenvalue weighted by molar-refractivity contribution is 5.95. The summed E-state index contributed by atoms with van der Waals surface area (Å²) < 4.78 is 4.92. The van der Waals surface area contributed by atoms with E-state index in [-0.39, 0.29) is 18.4 Å². The predicted octanol–water partition coefficient (Wildman–Crippen LogP) is 2.16. The van der Waals surface area contributed by atoms with Gasteiger partial charge >= 0.3 is 0 Å². The Kier molecular flexibility index (Phi) is 4.27. The fourth-order valence-electron chi connectivity index (χ4n) is 2.47. The number of aromatic nitrogens is 1. The molecule has 1 aliphatic heterocycles. The van der Waals surface area contributed by atoms with Crippen molar-refractivity contribution in [3.8, 4) is 0 Å². The molecule has 0 saturated carbocycles. The third-order valence-corrected chi connectivity index (χ3v) is 3.60. The van der Waals surface area contributed by atoms with Gasteiger partial charge in [0.2, 0.25) is 17.7 Å². The summed E-state index contributed by atoms with van der Waals surface area (Å²) in [6.07, 6.45) is 1.52. The number of aryl methyl sites for hydroxylation is 1. The zero-order valence-electron chi connectivity index (χ0n) is 12.8. The number of carbonyl (C=O) groups is 2. The summed E-state index contributed by atoms with van der Waals surface area (Å²) in [6, 6.07) is 9.12. The van der Waals surface area contributed by atoms with E-state index in [1.54, 1.807) is 17.9 Å². The summed E-state index contributed by atoms with van der Waals surface area (Å²) in [5.74, 6) is 0.268. The maximum atomic E-state index is 11.8. The molecular weight excluding hydrogens is 296 g/mol. The second-order valence-corrected chi connectivity index (χ2v) is 5.43. The van der Waals surface area contributed by atoms with Crippen LogP contribution in [0.1, 0.15) is 18.5 Å². The van der Waals surface area contributed by atoms with Crippen LogP contribution in [-0.4, -0.2) is 30.1 Å². The number of anilines is 3. The number of carbonyl (C=O) groups excluding carboxylic acids is 2. The maximum absolute atomic E-state index is 11.8. The lowest BCUT2D eigenvalue weighted by atomic mass is 10.2. The van der Waals surface area contributed by atoms with Crippen molar-refractivity contribution in [2.45, 2.75) is 19.8 Å². The Hall–Kier alpha value is -2.83. The van der Waals surface area contributed by atoms with Gasteiger partial charge in [0.15, 0.2) is 0 Å². The van der Waals surface area contributed by atoms with Crippen LogP contribution in [0.3, 0.4) is 0 Å². The standard InChI is InChI=1S/C16H18N4O3/c1-11-9-15(23-19-11)18-14(21)10-17-12-4-6-13(7-5-12)20-8-2-3-16(20)22/h4-7,9,17H,2-3,8,10H2,1H3,(H,18,21). The lowest BCUT2D eigenvalue weighted by molar-refractivity contribution is -0.117. The van der Waals surface area contributed by atoms with Crippen molar-refractivity contribution in [1.82, 2.24) is 5.16 Å². The van der Waals surface area contributed by atoms with Crippen LogP contribution in [0.15, 0.2) is 34.9 Å². The Balaban J connectivity index is 1.52. The molecular formula is C16H18N4O3. The molecule has 0 unspecified atom stereocenters. The summed E-state index contributed by atoms with van der Waals surface area (Å²) in [5, 5.41) is 9.33. The van der Waals surface area contributed by atoms with Crippen LogP contribution in [0.25, 0.3) is 0 Å². The Morgan fingerprint density at radius 3 is 2.74 bits per heavy atom. The molecule has 1 saturated heterocycles. The fourth-order valence-corrected chi connectivity index (χ4v) is 2.47. The van der Waals surface area contributed by atoms with Crippen molar-refractivity contribution in [2.75, 3.05) is 28.6 Å². The molecule has 7 heteroatoms. The predicted molar refractivity (Wildman–Crippen MR) is 86.4 cm³/mol. The number of rotatable bonds is 5. The Morgan fingerprint density at radius 1 is 1.35 bits per heavy atom. The second-order valence-electron chi connectivity index (χ2n) is 5.43. The molecule has 1 fully saturated rings. The average Bonchev–Trinajstić information content (AvgIpc) is 3.14. The van der Waals surface area contributed by atoms with Crippen LogP contribution >= 0.6 is 0 Å². The number of nitrogens with zero attached hydrogens (tertiary/aromatic N) is 2. The summed E-state index contributed by atoms with van der Waals surface area (Å²) in [7, 11) is 0. The minimum atomic E-state index is -0.222. The van der Waals surface area contributed by atoms with E-state index in [0.717, 1.165) is 24.3 Å². The molecule has 2 heterocycles. The van der Waals surface area contributed by atoms with E-state index >= 15 is 0 Å². The van der Waals surface area contributed by atoms with E-state index in [0.29, 0.717) is 18.0 Å². The second kappa shape index (κ2) is 6.51. The van der Waals surface area contributed by atoms with E-state index in [1.165, 1.54) is 0 Å². The van der Waals surface area contributed by atoms with Crippen molar-refractivity contribution in [1.29, 1.82) is 0 Å². The summed E-state index contributed by atoms with van der Waals surface area (Å²) >= 11 is 0. The Labute approximate surface area is 133 Å². The number of hydrogen-bond donors (Lipinski definition) is 2. The Morgan fingerprint density at radius 2 is 2.13 bits per heavy atom. The van der Waals surface area contributed by atoms with E-state index in [9.17, 15) is 9.59 Å². The largest absolute Gasteiger partial charge is 0.376 e. The van der Waals surface area contributed by atoms with Crippen LogP contribution in [0, 0.1) is 6.92 Å². The topological polar surface area (TPSA) is 87.5 Å². The highest BCUT2D eigenvalue weighted by Crippen LogP contribution is 2.22. The SMILES string of the molecule is Cc1cc(NC(=O)CNc2ccc(N3CCCC3=O)cc2)on1. The van der Waals surface area contributed by atoms with Crippen LogP contribution in [0.4, 0.5) is 17.3 Å². The normalized spacial score (nSPS) is 14.1. The van der Waals surface area contributed by atoms with Gasteiger partial charge < -0.3 is 14.7 Å². The summed E-state index contributed by atoms with van der Waals surface area (Å²) in [4.78, 5) is 25.3. The molecule has 2 amide bonds. The van der Waals surface area contributed by atoms with E-state index in [1.807, 2.05) is 24.3 Å². The molecule has 120 valence electrons. The first-order valence-corrected chi connectivity index (χ1v) is 7.49.